The Balaban J connectivity index is 2.12. The summed E-state index contributed by atoms with van der Waals surface area (Å²) in [5.74, 6) is -0.538. The van der Waals surface area contributed by atoms with Crippen LogP contribution in [0.25, 0.3) is 0 Å². The van der Waals surface area contributed by atoms with Crippen LogP contribution in [0.5, 0.6) is 0 Å². The van der Waals surface area contributed by atoms with Gasteiger partial charge in [0.15, 0.2) is 0 Å². The number of carbonyl (C=O) groups excluding carboxylic acids is 2. The van der Waals surface area contributed by atoms with Gasteiger partial charge in [0.05, 0.1) is 24.5 Å². The molecule has 7 nitrogen and oxygen atoms in total. The fraction of sp³-hybridized carbons (Fsp3) is 0.500. The summed E-state index contributed by atoms with van der Waals surface area (Å²) in [6.07, 6.45) is 2.15. The molecule has 1 aromatic heterocycles. The van der Waals surface area contributed by atoms with Crippen molar-refractivity contribution in [3.63, 3.8) is 0 Å². The molecule has 1 heterocycles. The van der Waals surface area contributed by atoms with E-state index in [4.69, 9.17) is 9.15 Å². The maximum Gasteiger partial charge on any atom is 0.254 e. The summed E-state index contributed by atoms with van der Waals surface area (Å²) >= 11 is 0. The number of aliphatic hydroxyl groups is 1. The molecule has 0 radical (unpaired) electrons. The van der Waals surface area contributed by atoms with Crippen LogP contribution in [-0.2, 0) is 9.53 Å². The number of methoxy groups -OCH3 is 1. The van der Waals surface area contributed by atoms with E-state index in [1.165, 1.54) is 25.7 Å². The Labute approximate surface area is 110 Å². The largest absolute Gasteiger partial charge is 0.472 e. The van der Waals surface area contributed by atoms with Crippen molar-refractivity contribution in [3.05, 3.63) is 24.2 Å². The lowest BCUT2D eigenvalue weighted by molar-refractivity contribution is -0.121. The van der Waals surface area contributed by atoms with Crippen LogP contribution in [0.3, 0.4) is 0 Å². The van der Waals surface area contributed by atoms with Gasteiger partial charge in [-0.15, -0.1) is 0 Å². The molecule has 19 heavy (non-hydrogen) atoms. The van der Waals surface area contributed by atoms with Gasteiger partial charge in [0.1, 0.15) is 6.26 Å². The zero-order chi connectivity index (χ0) is 14.1. The molecule has 0 fully saturated rings. The van der Waals surface area contributed by atoms with Gasteiger partial charge in [-0.3, -0.25) is 9.59 Å². The molecule has 0 bridgehead atoms. The first-order valence-corrected chi connectivity index (χ1v) is 5.87. The topological polar surface area (TPSA) is 101 Å². The average Bonchev–Trinajstić information content (AvgIpc) is 2.90. The smallest absolute Gasteiger partial charge is 0.254 e. The maximum atomic E-state index is 11.5. The highest BCUT2D eigenvalue weighted by molar-refractivity contribution is 5.93. The van der Waals surface area contributed by atoms with Crippen LogP contribution in [0, 0.1) is 0 Å². The van der Waals surface area contributed by atoms with E-state index in [-0.39, 0.29) is 37.9 Å². The van der Waals surface area contributed by atoms with Crippen LogP contribution in [0.4, 0.5) is 0 Å². The molecule has 1 atom stereocenters. The van der Waals surface area contributed by atoms with Gasteiger partial charge in [-0.25, -0.2) is 0 Å². The highest BCUT2D eigenvalue weighted by Crippen LogP contribution is 1.98. The van der Waals surface area contributed by atoms with E-state index in [1.807, 2.05) is 0 Å². The third-order valence-electron chi connectivity index (χ3n) is 2.31. The van der Waals surface area contributed by atoms with E-state index in [1.54, 1.807) is 0 Å². The molecule has 1 aromatic rings. The first kappa shape index (κ1) is 15.2. The predicted molar refractivity (Wildman–Crippen MR) is 66.6 cm³/mol. The van der Waals surface area contributed by atoms with Crippen molar-refractivity contribution in [1.82, 2.24) is 10.6 Å². The first-order valence-electron chi connectivity index (χ1n) is 5.87. The lowest BCUT2D eigenvalue weighted by atomic mass is 10.3. The van der Waals surface area contributed by atoms with Crippen LogP contribution in [-0.4, -0.2) is 49.8 Å². The molecule has 0 aromatic carbocycles. The molecular weight excluding hydrogens is 252 g/mol. The van der Waals surface area contributed by atoms with Crippen molar-refractivity contribution in [3.8, 4) is 0 Å². The molecule has 0 aliphatic heterocycles. The highest BCUT2D eigenvalue weighted by atomic mass is 16.5. The number of furan rings is 1. The van der Waals surface area contributed by atoms with Crippen molar-refractivity contribution >= 4 is 11.8 Å². The summed E-state index contributed by atoms with van der Waals surface area (Å²) in [7, 11) is 1.47. The van der Waals surface area contributed by atoms with Gasteiger partial charge in [-0.1, -0.05) is 0 Å². The second-order valence-corrected chi connectivity index (χ2v) is 3.93. The molecular formula is C12H18N2O5. The molecule has 1 rings (SSSR count). The fourth-order valence-corrected chi connectivity index (χ4v) is 1.36. The molecule has 0 aliphatic carbocycles. The van der Waals surface area contributed by atoms with E-state index in [2.05, 4.69) is 10.6 Å². The lowest BCUT2D eigenvalue weighted by Gasteiger charge is -2.10. The standard InChI is InChI=1S/C12H18N2O5/c1-18-8-10(15)6-14-11(16)2-4-13-12(17)9-3-5-19-7-9/h3,5,7,10,15H,2,4,6,8H2,1H3,(H,13,17)(H,14,16). The van der Waals surface area contributed by atoms with Crippen LogP contribution in [0.2, 0.25) is 0 Å². The number of hydrogen-bond acceptors (Lipinski definition) is 5. The average molecular weight is 270 g/mol. The predicted octanol–water partition coefficient (Wildman–Crippen LogP) is -0.477. The van der Waals surface area contributed by atoms with E-state index < -0.39 is 6.10 Å². The van der Waals surface area contributed by atoms with Crippen molar-refractivity contribution in [1.29, 1.82) is 0 Å². The van der Waals surface area contributed by atoms with Gasteiger partial charge in [0, 0.05) is 26.6 Å². The van der Waals surface area contributed by atoms with Crippen LogP contribution >= 0.6 is 0 Å². The van der Waals surface area contributed by atoms with Crippen molar-refractivity contribution in [2.45, 2.75) is 12.5 Å². The number of rotatable bonds is 8. The Bertz CT molecular complexity index is 391. The SMILES string of the molecule is COCC(O)CNC(=O)CCNC(=O)c1ccoc1. The number of ether oxygens (including phenoxy) is 1. The summed E-state index contributed by atoms with van der Waals surface area (Å²) in [4.78, 5) is 22.9. The van der Waals surface area contributed by atoms with Gasteiger partial charge < -0.3 is 24.9 Å². The number of carbonyl (C=O) groups is 2. The van der Waals surface area contributed by atoms with E-state index in [0.29, 0.717) is 5.56 Å². The number of aliphatic hydroxyl groups excluding tert-OH is 1. The van der Waals surface area contributed by atoms with E-state index in [9.17, 15) is 14.7 Å². The van der Waals surface area contributed by atoms with Crippen molar-refractivity contribution < 1.29 is 23.8 Å². The minimum Gasteiger partial charge on any atom is -0.472 e. The van der Waals surface area contributed by atoms with E-state index >= 15 is 0 Å². The molecule has 1 unspecified atom stereocenters. The fourth-order valence-electron chi connectivity index (χ4n) is 1.36. The van der Waals surface area contributed by atoms with Crippen molar-refractivity contribution in [2.24, 2.45) is 0 Å². The lowest BCUT2D eigenvalue weighted by Crippen LogP contribution is -2.36. The maximum absolute atomic E-state index is 11.5. The molecule has 7 heteroatoms. The second kappa shape index (κ2) is 8.28. The summed E-state index contributed by atoms with van der Waals surface area (Å²) < 4.78 is 9.49. The summed E-state index contributed by atoms with van der Waals surface area (Å²) in [6.45, 7) is 0.510. The van der Waals surface area contributed by atoms with Gasteiger partial charge in [-0.2, -0.15) is 0 Å². The van der Waals surface area contributed by atoms with Gasteiger partial charge in [0.25, 0.3) is 5.91 Å². The number of hydrogen-bond donors (Lipinski definition) is 3. The Hall–Kier alpha value is -1.86. The Kier molecular flexibility index (Phi) is 6.62. The minimum absolute atomic E-state index is 0.127. The first-order chi connectivity index (χ1) is 9.13. The third-order valence-corrected chi connectivity index (χ3v) is 2.31. The summed E-state index contributed by atoms with van der Waals surface area (Å²) in [5, 5.41) is 14.4. The molecule has 2 amide bonds. The molecule has 0 saturated carbocycles. The zero-order valence-electron chi connectivity index (χ0n) is 10.7. The molecule has 0 saturated heterocycles. The summed E-state index contributed by atoms with van der Waals surface area (Å²) in [5.41, 5.74) is 0.413. The second-order valence-electron chi connectivity index (χ2n) is 3.93. The van der Waals surface area contributed by atoms with Gasteiger partial charge in [0.2, 0.25) is 5.91 Å². The summed E-state index contributed by atoms with van der Waals surface area (Å²) in [6, 6.07) is 1.54. The highest BCUT2D eigenvalue weighted by Gasteiger charge is 2.09. The Morgan fingerprint density at radius 1 is 1.47 bits per heavy atom. The van der Waals surface area contributed by atoms with Crippen LogP contribution in [0.15, 0.2) is 23.0 Å². The normalized spacial score (nSPS) is 11.9. The quantitative estimate of drug-likeness (QED) is 0.592. The van der Waals surface area contributed by atoms with Crippen molar-refractivity contribution in [2.75, 3.05) is 26.8 Å². The molecule has 0 spiro atoms. The van der Waals surface area contributed by atoms with Crippen LogP contribution in [0.1, 0.15) is 16.8 Å². The molecule has 106 valence electrons. The van der Waals surface area contributed by atoms with Gasteiger partial charge in [-0.05, 0) is 6.07 Å². The molecule has 3 N–H and O–H groups in total. The third kappa shape index (κ3) is 6.03. The number of amides is 2. The van der Waals surface area contributed by atoms with E-state index in [0.717, 1.165) is 0 Å². The van der Waals surface area contributed by atoms with Gasteiger partial charge >= 0.3 is 0 Å². The Morgan fingerprint density at radius 3 is 2.89 bits per heavy atom. The minimum atomic E-state index is -0.727. The number of nitrogens with one attached hydrogen (secondary N) is 2. The monoisotopic (exact) mass is 270 g/mol. The van der Waals surface area contributed by atoms with Crippen LogP contribution < -0.4 is 10.6 Å². The Morgan fingerprint density at radius 2 is 2.26 bits per heavy atom. The molecule has 0 aliphatic rings. The zero-order valence-corrected chi connectivity index (χ0v) is 10.7.